The van der Waals surface area contributed by atoms with Crippen molar-refractivity contribution in [2.45, 2.75) is 27.3 Å². The zero-order chi connectivity index (χ0) is 17.4. The monoisotopic (exact) mass is 349 g/mol. The van der Waals surface area contributed by atoms with Gasteiger partial charge in [0.15, 0.2) is 0 Å². The number of H-pyrrole nitrogens is 1. The third-order valence-corrected chi connectivity index (χ3v) is 5.33. The summed E-state index contributed by atoms with van der Waals surface area (Å²) < 4.78 is 0. The number of aromatic amines is 1. The third kappa shape index (κ3) is 2.89. The Morgan fingerprint density at radius 3 is 2.60 bits per heavy atom. The number of nitrogens with one attached hydrogen (secondary N) is 2. The molecule has 0 bridgehead atoms. The summed E-state index contributed by atoms with van der Waals surface area (Å²) in [6, 6.07) is 8.57. The topological polar surface area (TPSA) is 66.5 Å². The molecule has 3 heterocycles. The fraction of sp³-hybridized carbons (Fsp3) is 0.211. The highest BCUT2D eigenvalue weighted by Crippen LogP contribution is 2.36. The Labute approximate surface area is 150 Å². The molecular formula is C19H19N5S. The highest BCUT2D eigenvalue weighted by atomic mass is 32.1. The molecule has 4 aromatic rings. The summed E-state index contributed by atoms with van der Waals surface area (Å²) in [4.78, 5) is 9.92. The predicted octanol–water partition coefficient (Wildman–Crippen LogP) is 4.62. The summed E-state index contributed by atoms with van der Waals surface area (Å²) in [5.74, 6) is 0.863. The van der Waals surface area contributed by atoms with Crippen LogP contribution in [-0.2, 0) is 6.54 Å². The largest absolute Gasteiger partial charge is 0.365 e. The average Bonchev–Trinajstić information content (AvgIpc) is 3.18. The molecule has 5 nitrogen and oxygen atoms in total. The van der Waals surface area contributed by atoms with Gasteiger partial charge in [-0.15, -0.1) is 11.3 Å². The number of aryl methyl sites for hydroxylation is 3. The first-order valence-corrected chi connectivity index (χ1v) is 9.05. The van der Waals surface area contributed by atoms with Gasteiger partial charge in [-0.2, -0.15) is 5.10 Å². The van der Waals surface area contributed by atoms with E-state index in [4.69, 9.17) is 0 Å². The van der Waals surface area contributed by atoms with Gasteiger partial charge < -0.3 is 5.32 Å². The van der Waals surface area contributed by atoms with Crippen molar-refractivity contribution in [3.8, 4) is 11.1 Å². The maximum atomic E-state index is 4.50. The van der Waals surface area contributed by atoms with Crippen molar-refractivity contribution in [1.82, 2.24) is 20.2 Å². The molecule has 126 valence electrons. The van der Waals surface area contributed by atoms with E-state index >= 15 is 0 Å². The van der Waals surface area contributed by atoms with Crippen LogP contribution in [0, 0.1) is 20.8 Å². The van der Waals surface area contributed by atoms with Gasteiger partial charge in [0, 0.05) is 28.7 Å². The van der Waals surface area contributed by atoms with E-state index in [-0.39, 0.29) is 0 Å². The molecule has 1 aromatic carbocycles. The first-order chi connectivity index (χ1) is 12.1. The van der Waals surface area contributed by atoms with Crippen LogP contribution < -0.4 is 5.32 Å². The molecule has 4 rings (SSSR count). The van der Waals surface area contributed by atoms with Gasteiger partial charge in [-0.1, -0.05) is 29.8 Å². The van der Waals surface area contributed by atoms with E-state index in [1.54, 1.807) is 17.7 Å². The van der Waals surface area contributed by atoms with Crippen LogP contribution in [0.5, 0.6) is 0 Å². The molecule has 0 spiro atoms. The number of nitrogens with zero attached hydrogens (tertiary/aromatic N) is 3. The first-order valence-electron chi connectivity index (χ1n) is 8.17. The number of anilines is 1. The lowest BCUT2D eigenvalue weighted by Crippen LogP contribution is -2.04. The first kappa shape index (κ1) is 15.8. The van der Waals surface area contributed by atoms with E-state index in [2.05, 4.69) is 62.1 Å². The van der Waals surface area contributed by atoms with Crippen LogP contribution in [0.15, 0.2) is 36.0 Å². The molecule has 0 aliphatic carbocycles. The standard InChI is InChI=1S/C19H19N5S/c1-11-4-6-14(7-5-11)16-9-25-19-17(16)18(21-10-22-19)20-8-15-12(2)23-24-13(15)3/h4-7,9-10H,8H2,1-3H3,(H,23,24)(H,20,21,22). The number of benzene rings is 1. The van der Waals surface area contributed by atoms with Gasteiger partial charge in [-0.25, -0.2) is 9.97 Å². The molecule has 2 N–H and O–H groups in total. The van der Waals surface area contributed by atoms with E-state index < -0.39 is 0 Å². The van der Waals surface area contributed by atoms with Crippen molar-refractivity contribution in [3.63, 3.8) is 0 Å². The minimum Gasteiger partial charge on any atom is -0.365 e. The van der Waals surface area contributed by atoms with E-state index in [9.17, 15) is 0 Å². The molecule has 3 aromatic heterocycles. The van der Waals surface area contributed by atoms with Crippen LogP contribution in [0.3, 0.4) is 0 Å². The van der Waals surface area contributed by atoms with E-state index in [1.165, 1.54) is 22.3 Å². The van der Waals surface area contributed by atoms with Crippen molar-refractivity contribution < 1.29 is 0 Å². The van der Waals surface area contributed by atoms with Crippen molar-refractivity contribution in [3.05, 3.63) is 58.5 Å². The second-order valence-corrected chi connectivity index (χ2v) is 7.04. The van der Waals surface area contributed by atoms with Gasteiger partial charge in [0.25, 0.3) is 0 Å². The van der Waals surface area contributed by atoms with Gasteiger partial charge in [0.1, 0.15) is 17.0 Å². The summed E-state index contributed by atoms with van der Waals surface area (Å²) in [5.41, 5.74) is 6.88. The van der Waals surface area contributed by atoms with E-state index in [0.29, 0.717) is 6.54 Å². The molecule has 0 saturated heterocycles. The lowest BCUT2D eigenvalue weighted by atomic mass is 10.0. The molecule has 6 heteroatoms. The van der Waals surface area contributed by atoms with Crippen molar-refractivity contribution >= 4 is 27.4 Å². The summed E-state index contributed by atoms with van der Waals surface area (Å²) in [6.45, 7) is 6.83. The normalized spacial score (nSPS) is 11.2. The Hall–Kier alpha value is -2.73. The quantitative estimate of drug-likeness (QED) is 0.564. The fourth-order valence-corrected chi connectivity index (χ4v) is 3.88. The summed E-state index contributed by atoms with van der Waals surface area (Å²) in [6.07, 6.45) is 1.62. The van der Waals surface area contributed by atoms with Gasteiger partial charge >= 0.3 is 0 Å². The Bertz CT molecular complexity index is 1010. The van der Waals surface area contributed by atoms with Gasteiger partial charge in [-0.3, -0.25) is 5.10 Å². The molecule has 0 aliphatic rings. The highest BCUT2D eigenvalue weighted by Gasteiger charge is 2.14. The molecule has 0 atom stereocenters. The van der Waals surface area contributed by atoms with Crippen LogP contribution in [0.4, 0.5) is 5.82 Å². The number of rotatable bonds is 4. The van der Waals surface area contributed by atoms with Crippen molar-refractivity contribution in [2.24, 2.45) is 0 Å². The van der Waals surface area contributed by atoms with E-state index in [1.807, 2.05) is 13.8 Å². The van der Waals surface area contributed by atoms with Crippen molar-refractivity contribution in [2.75, 3.05) is 5.32 Å². The molecule has 0 saturated carbocycles. The Kier molecular flexibility index (Phi) is 3.97. The molecule has 0 unspecified atom stereocenters. The molecule has 25 heavy (non-hydrogen) atoms. The van der Waals surface area contributed by atoms with Crippen LogP contribution in [0.25, 0.3) is 21.3 Å². The highest BCUT2D eigenvalue weighted by molar-refractivity contribution is 7.17. The Morgan fingerprint density at radius 1 is 1.08 bits per heavy atom. The minimum atomic E-state index is 0.684. The number of thiophene rings is 1. The zero-order valence-corrected chi connectivity index (χ0v) is 15.2. The van der Waals surface area contributed by atoms with E-state index in [0.717, 1.165) is 27.4 Å². The van der Waals surface area contributed by atoms with Gasteiger partial charge in [0.2, 0.25) is 0 Å². The molecule has 0 amide bonds. The summed E-state index contributed by atoms with van der Waals surface area (Å²) in [5, 5.41) is 14.0. The fourth-order valence-electron chi connectivity index (χ4n) is 2.96. The average molecular weight is 349 g/mol. The Balaban J connectivity index is 1.74. The number of hydrogen-bond donors (Lipinski definition) is 2. The lowest BCUT2D eigenvalue weighted by molar-refractivity contribution is 1.02. The van der Waals surface area contributed by atoms with Crippen LogP contribution >= 0.6 is 11.3 Å². The molecule has 0 aliphatic heterocycles. The van der Waals surface area contributed by atoms with Crippen LogP contribution in [-0.4, -0.2) is 20.2 Å². The Morgan fingerprint density at radius 2 is 1.88 bits per heavy atom. The van der Waals surface area contributed by atoms with Crippen LogP contribution in [0.2, 0.25) is 0 Å². The van der Waals surface area contributed by atoms with Gasteiger partial charge in [0.05, 0.1) is 11.1 Å². The second-order valence-electron chi connectivity index (χ2n) is 6.18. The lowest BCUT2D eigenvalue weighted by Gasteiger charge is -2.09. The minimum absolute atomic E-state index is 0.684. The second kappa shape index (κ2) is 6.29. The number of fused-ring (bicyclic) bond motifs is 1. The SMILES string of the molecule is Cc1ccc(-c2csc3ncnc(NCc4c(C)n[nH]c4C)c23)cc1. The van der Waals surface area contributed by atoms with Crippen LogP contribution in [0.1, 0.15) is 22.5 Å². The molecule has 0 radical (unpaired) electrons. The molecular weight excluding hydrogens is 330 g/mol. The smallest absolute Gasteiger partial charge is 0.139 e. The number of aromatic nitrogens is 4. The van der Waals surface area contributed by atoms with Crippen molar-refractivity contribution in [1.29, 1.82) is 0 Å². The van der Waals surface area contributed by atoms with Gasteiger partial charge in [-0.05, 0) is 26.3 Å². The summed E-state index contributed by atoms with van der Waals surface area (Å²) in [7, 11) is 0. The maximum Gasteiger partial charge on any atom is 0.139 e. The maximum absolute atomic E-state index is 4.50. The predicted molar refractivity (Wildman–Crippen MR) is 103 cm³/mol. The number of hydrogen-bond acceptors (Lipinski definition) is 5. The zero-order valence-electron chi connectivity index (χ0n) is 14.4. The molecule has 0 fully saturated rings. The summed E-state index contributed by atoms with van der Waals surface area (Å²) >= 11 is 1.65. The third-order valence-electron chi connectivity index (χ3n) is 4.45.